The molecule has 0 fully saturated rings. The van der Waals surface area contributed by atoms with Crippen molar-refractivity contribution in [2.24, 2.45) is 5.92 Å². The summed E-state index contributed by atoms with van der Waals surface area (Å²) in [5, 5.41) is 5.68. The van der Waals surface area contributed by atoms with Gasteiger partial charge in [0.1, 0.15) is 6.04 Å². The molecule has 2 atom stereocenters. The molecule has 0 aliphatic heterocycles. The summed E-state index contributed by atoms with van der Waals surface area (Å²) in [6.07, 6.45) is 1.43. The molecule has 0 radical (unpaired) electrons. The third-order valence-electron chi connectivity index (χ3n) is 3.69. The zero-order valence-corrected chi connectivity index (χ0v) is 15.5. The highest BCUT2D eigenvalue weighted by atomic mass is 79.9. The Morgan fingerprint density at radius 3 is 2.42 bits per heavy atom. The Labute approximate surface area is 149 Å². The van der Waals surface area contributed by atoms with Crippen molar-refractivity contribution < 1.29 is 14.0 Å². The van der Waals surface area contributed by atoms with Crippen molar-refractivity contribution in [2.45, 2.75) is 32.9 Å². The molecule has 0 bridgehead atoms. The van der Waals surface area contributed by atoms with Crippen LogP contribution in [0.3, 0.4) is 0 Å². The van der Waals surface area contributed by atoms with Crippen LogP contribution < -0.4 is 10.6 Å². The van der Waals surface area contributed by atoms with Gasteiger partial charge in [-0.15, -0.1) is 0 Å². The molecule has 0 saturated heterocycles. The minimum Gasteiger partial charge on any atom is -0.459 e. The van der Waals surface area contributed by atoms with Crippen LogP contribution in [0.5, 0.6) is 0 Å². The average molecular weight is 393 g/mol. The second-order valence-electron chi connectivity index (χ2n) is 5.96. The van der Waals surface area contributed by atoms with E-state index in [1.165, 1.54) is 6.26 Å². The summed E-state index contributed by atoms with van der Waals surface area (Å²) < 4.78 is 6.02. The number of benzene rings is 1. The van der Waals surface area contributed by atoms with E-state index < -0.39 is 11.9 Å². The van der Waals surface area contributed by atoms with Crippen molar-refractivity contribution >= 4 is 27.7 Å². The van der Waals surface area contributed by atoms with Crippen molar-refractivity contribution in [3.05, 3.63) is 58.5 Å². The van der Waals surface area contributed by atoms with Crippen LogP contribution in [0.15, 0.2) is 51.6 Å². The standard InChI is InChI=1S/C18H21BrN2O3/c1-11(2)16(21-17(22)15-8-5-9-24-15)18(23)20-12(3)13-6-4-7-14(19)10-13/h4-12,16H,1-3H3,(H,20,23)(H,21,22). The first-order valence-corrected chi connectivity index (χ1v) is 8.58. The SMILES string of the molecule is CC(NC(=O)C(NC(=O)c1ccco1)C(C)C)c1cccc(Br)c1. The molecule has 2 N–H and O–H groups in total. The molecule has 2 rings (SSSR count). The van der Waals surface area contributed by atoms with Gasteiger partial charge in [-0.2, -0.15) is 0 Å². The lowest BCUT2D eigenvalue weighted by Gasteiger charge is -2.24. The quantitative estimate of drug-likeness (QED) is 0.787. The number of amides is 2. The fourth-order valence-electron chi connectivity index (χ4n) is 2.32. The molecule has 1 heterocycles. The van der Waals surface area contributed by atoms with Gasteiger partial charge in [-0.3, -0.25) is 9.59 Å². The first-order chi connectivity index (χ1) is 11.4. The Morgan fingerprint density at radius 2 is 1.83 bits per heavy atom. The summed E-state index contributed by atoms with van der Waals surface area (Å²) in [5.74, 6) is -0.492. The van der Waals surface area contributed by atoms with Crippen molar-refractivity contribution in [3.8, 4) is 0 Å². The topological polar surface area (TPSA) is 71.3 Å². The average Bonchev–Trinajstić information content (AvgIpc) is 3.06. The van der Waals surface area contributed by atoms with Gasteiger partial charge in [0.2, 0.25) is 5.91 Å². The van der Waals surface area contributed by atoms with Crippen LogP contribution in [-0.4, -0.2) is 17.9 Å². The van der Waals surface area contributed by atoms with E-state index in [2.05, 4.69) is 26.6 Å². The van der Waals surface area contributed by atoms with E-state index in [1.807, 2.05) is 45.0 Å². The molecular formula is C18H21BrN2O3. The fraction of sp³-hybridized carbons (Fsp3) is 0.333. The Hall–Kier alpha value is -2.08. The van der Waals surface area contributed by atoms with Crippen molar-refractivity contribution in [3.63, 3.8) is 0 Å². The molecule has 0 saturated carbocycles. The largest absolute Gasteiger partial charge is 0.459 e. The minimum absolute atomic E-state index is 0.0568. The van der Waals surface area contributed by atoms with Gasteiger partial charge in [0.05, 0.1) is 12.3 Å². The zero-order chi connectivity index (χ0) is 17.7. The van der Waals surface area contributed by atoms with Gasteiger partial charge >= 0.3 is 0 Å². The number of furan rings is 1. The number of halogens is 1. The maximum Gasteiger partial charge on any atom is 0.287 e. The molecule has 0 aliphatic rings. The van der Waals surface area contributed by atoms with E-state index in [1.54, 1.807) is 12.1 Å². The van der Waals surface area contributed by atoms with Crippen LogP contribution in [0.4, 0.5) is 0 Å². The Kier molecular flexibility index (Phi) is 6.20. The van der Waals surface area contributed by atoms with Crippen LogP contribution in [0.1, 0.15) is 42.9 Å². The van der Waals surface area contributed by atoms with Crippen molar-refractivity contribution in [1.82, 2.24) is 10.6 Å². The van der Waals surface area contributed by atoms with Gasteiger partial charge in [0, 0.05) is 4.47 Å². The lowest BCUT2D eigenvalue weighted by molar-refractivity contribution is -0.124. The first kappa shape index (κ1) is 18.3. The highest BCUT2D eigenvalue weighted by Gasteiger charge is 2.26. The Bertz CT molecular complexity index is 698. The normalized spacial score (nSPS) is 13.4. The van der Waals surface area contributed by atoms with Gasteiger partial charge in [-0.05, 0) is 42.7 Å². The minimum atomic E-state index is -0.641. The highest BCUT2D eigenvalue weighted by Crippen LogP contribution is 2.18. The summed E-state index contributed by atoms with van der Waals surface area (Å²) in [5.41, 5.74) is 0.984. The monoisotopic (exact) mass is 392 g/mol. The second-order valence-corrected chi connectivity index (χ2v) is 6.87. The first-order valence-electron chi connectivity index (χ1n) is 7.78. The lowest BCUT2D eigenvalue weighted by atomic mass is 10.0. The maximum absolute atomic E-state index is 12.6. The number of nitrogens with one attached hydrogen (secondary N) is 2. The van der Waals surface area contributed by atoms with E-state index >= 15 is 0 Å². The predicted molar refractivity (Wildman–Crippen MR) is 95.5 cm³/mol. The summed E-state index contributed by atoms with van der Waals surface area (Å²) in [6.45, 7) is 5.68. The summed E-state index contributed by atoms with van der Waals surface area (Å²) in [6, 6.07) is 10.1. The molecule has 5 nitrogen and oxygen atoms in total. The Balaban J connectivity index is 2.04. The molecular weight excluding hydrogens is 372 g/mol. The number of hydrogen-bond donors (Lipinski definition) is 2. The van der Waals surface area contributed by atoms with Crippen LogP contribution in [0.25, 0.3) is 0 Å². The molecule has 1 aromatic heterocycles. The summed E-state index contributed by atoms with van der Waals surface area (Å²) in [4.78, 5) is 24.7. The van der Waals surface area contributed by atoms with Crippen LogP contribution >= 0.6 is 15.9 Å². The summed E-state index contributed by atoms with van der Waals surface area (Å²) in [7, 11) is 0. The molecule has 2 unspecified atom stereocenters. The van der Waals surface area contributed by atoms with Gasteiger partial charge in [-0.1, -0.05) is 41.9 Å². The second kappa shape index (κ2) is 8.15. The highest BCUT2D eigenvalue weighted by molar-refractivity contribution is 9.10. The van der Waals surface area contributed by atoms with Crippen LogP contribution in [0.2, 0.25) is 0 Å². The predicted octanol–water partition coefficient (Wildman–Crippen LogP) is 3.67. The van der Waals surface area contributed by atoms with Gasteiger partial charge in [-0.25, -0.2) is 0 Å². The number of carbonyl (C=O) groups excluding carboxylic acids is 2. The fourth-order valence-corrected chi connectivity index (χ4v) is 2.73. The third-order valence-corrected chi connectivity index (χ3v) is 4.18. The number of rotatable bonds is 6. The summed E-state index contributed by atoms with van der Waals surface area (Å²) >= 11 is 3.42. The van der Waals surface area contributed by atoms with Crippen LogP contribution in [0, 0.1) is 5.92 Å². The molecule has 0 aliphatic carbocycles. The lowest BCUT2D eigenvalue weighted by Crippen LogP contribution is -2.50. The molecule has 1 aromatic carbocycles. The van der Waals surface area contributed by atoms with E-state index in [0.717, 1.165) is 10.0 Å². The maximum atomic E-state index is 12.6. The number of carbonyl (C=O) groups is 2. The van der Waals surface area contributed by atoms with Crippen molar-refractivity contribution in [2.75, 3.05) is 0 Å². The van der Waals surface area contributed by atoms with Crippen molar-refractivity contribution in [1.29, 1.82) is 0 Å². The Morgan fingerprint density at radius 1 is 1.08 bits per heavy atom. The van der Waals surface area contributed by atoms with Crippen LogP contribution in [-0.2, 0) is 4.79 Å². The molecule has 128 valence electrons. The van der Waals surface area contributed by atoms with E-state index in [9.17, 15) is 9.59 Å². The molecule has 2 amide bonds. The van der Waals surface area contributed by atoms with E-state index in [4.69, 9.17) is 4.42 Å². The third kappa shape index (κ3) is 4.71. The number of hydrogen-bond acceptors (Lipinski definition) is 3. The van der Waals surface area contributed by atoms with Gasteiger partial charge in [0.15, 0.2) is 5.76 Å². The van der Waals surface area contributed by atoms with E-state index in [0.29, 0.717) is 0 Å². The molecule has 24 heavy (non-hydrogen) atoms. The van der Waals surface area contributed by atoms with E-state index in [-0.39, 0.29) is 23.6 Å². The van der Waals surface area contributed by atoms with Gasteiger partial charge < -0.3 is 15.1 Å². The smallest absolute Gasteiger partial charge is 0.287 e. The zero-order valence-electron chi connectivity index (χ0n) is 13.9. The molecule has 0 spiro atoms. The molecule has 6 heteroatoms. The molecule has 2 aromatic rings. The van der Waals surface area contributed by atoms with Gasteiger partial charge in [0.25, 0.3) is 5.91 Å².